The summed E-state index contributed by atoms with van der Waals surface area (Å²) in [6.45, 7) is 9.50. The highest BCUT2D eigenvalue weighted by Crippen LogP contribution is 2.52. The molecule has 0 saturated carbocycles. The van der Waals surface area contributed by atoms with Crippen LogP contribution in [0, 0.1) is 17.2 Å². The number of thioether (sulfide) groups is 2. The van der Waals surface area contributed by atoms with Gasteiger partial charge in [-0.05, 0) is 98.0 Å². The van der Waals surface area contributed by atoms with Crippen molar-refractivity contribution in [2.24, 2.45) is 5.92 Å². The molecule has 52 nitrogen and oxygen atoms in total. The van der Waals surface area contributed by atoms with Gasteiger partial charge in [-0.25, -0.2) is 72.1 Å². The molecule has 6 aliphatic rings. The third-order valence-electron chi connectivity index (χ3n) is 19.0. The number of carbonyl (C=O) groups excluding carboxylic acids is 4. The van der Waals surface area contributed by atoms with Crippen LogP contribution in [0.1, 0.15) is 125 Å². The van der Waals surface area contributed by atoms with Crippen LogP contribution >= 0.6 is 54.8 Å². The number of aliphatic hydroxyl groups is 3. The van der Waals surface area contributed by atoms with Crippen LogP contribution in [0.4, 0.5) is 32.9 Å². The second-order valence-corrected chi connectivity index (χ2v) is 38.6. The van der Waals surface area contributed by atoms with Gasteiger partial charge in [-0.1, -0.05) is 6.92 Å². The molecule has 0 radical (unpaired) electrons. The number of aromatic nitrogens is 12. The Bertz CT molecular complexity index is 5090. The molecular formula is C66H97N19O33P4S2. The van der Waals surface area contributed by atoms with Gasteiger partial charge in [0.2, 0.25) is 0 Å². The maximum atomic E-state index is 13.9. The molecule has 0 aromatic carbocycles. The maximum absolute atomic E-state index is 13.9. The van der Waals surface area contributed by atoms with Gasteiger partial charge in [0.05, 0.1) is 50.9 Å². The largest absolute Gasteiger partial charge is 0.472 e. The molecule has 0 spiro atoms. The van der Waals surface area contributed by atoms with E-state index >= 15 is 0 Å². The fourth-order valence-electron chi connectivity index (χ4n) is 13.2. The molecule has 124 heavy (non-hydrogen) atoms. The molecule has 0 aliphatic carbocycles. The Morgan fingerprint density at radius 2 is 1.11 bits per heavy atom. The summed E-state index contributed by atoms with van der Waals surface area (Å²) in [7, 11) is -20.2. The molecule has 686 valence electrons. The number of amides is 2. The molecule has 58 heteroatoms. The van der Waals surface area contributed by atoms with E-state index in [9.17, 15) is 81.9 Å². The number of fused-ring (bicyclic) bond motifs is 2. The average molecular weight is 1870 g/mol. The molecule has 18 N–H and O–H groups in total. The fourth-order valence-corrected chi connectivity index (χ4v) is 18.3. The molecule has 12 heterocycles. The predicted molar refractivity (Wildman–Crippen MR) is 427 cm³/mol. The van der Waals surface area contributed by atoms with Crippen molar-refractivity contribution in [3.8, 4) is 6.07 Å². The molecule has 0 bridgehead atoms. The number of nitrogens with zero attached hydrogens (tertiary/aromatic N) is 14. The third-order valence-corrected chi connectivity index (χ3v) is 24.8. The first-order chi connectivity index (χ1) is 58.1. The van der Waals surface area contributed by atoms with E-state index < -0.39 is 184 Å². The number of hydrogen-bond donors (Lipinski definition) is 14. The quantitative estimate of drug-likeness (QED) is 0.0166. The number of esters is 2. The summed E-state index contributed by atoms with van der Waals surface area (Å²) in [5.74, 6) is -0.0399. The molecule has 6 fully saturated rings. The number of nitrogen functional groups attached to an aromatic ring is 4. The average Bonchev–Trinajstić information content (AvgIpc) is 1.62. The van der Waals surface area contributed by atoms with Crippen molar-refractivity contribution in [3.63, 3.8) is 0 Å². The van der Waals surface area contributed by atoms with Crippen LogP contribution in [-0.4, -0.2) is 272 Å². The molecule has 6 aromatic heterocycles. The number of aliphatic hydroxyl groups excluding tert-OH is 3. The summed E-state index contributed by atoms with van der Waals surface area (Å²) in [5, 5.41) is 44.3. The first kappa shape index (κ1) is 98.1. The van der Waals surface area contributed by atoms with Gasteiger partial charge in [0.15, 0.2) is 48.1 Å². The van der Waals surface area contributed by atoms with Crippen molar-refractivity contribution in [3.05, 3.63) is 70.8 Å². The summed E-state index contributed by atoms with van der Waals surface area (Å²) < 4.78 is 128. The lowest BCUT2D eigenvalue weighted by Crippen LogP contribution is -2.48. The second-order valence-electron chi connectivity index (χ2n) is 30.6. The maximum Gasteiger partial charge on any atom is 0.472 e. The van der Waals surface area contributed by atoms with E-state index in [4.69, 9.17) is 94.0 Å². The highest BCUT2D eigenvalue weighted by molar-refractivity contribution is 8.00. The van der Waals surface area contributed by atoms with Gasteiger partial charge >= 0.3 is 66.8 Å². The first-order valence-electron chi connectivity index (χ1n) is 38.0. The lowest BCUT2D eigenvalue weighted by atomic mass is 10.0. The number of hydrogen-bond acceptors (Lipinski definition) is 42. The van der Waals surface area contributed by atoms with E-state index in [2.05, 4.69) is 54.2 Å². The van der Waals surface area contributed by atoms with Crippen LogP contribution in [0.25, 0.3) is 22.3 Å². The molecule has 2 amide bonds. The van der Waals surface area contributed by atoms with Crippen molar-refractivity contribution in [2.45, 2.75) is 214 Å². The Hall–Kier alpha value is -8.11. The van der Waals surface area contributed by atoms with Crippen LogP contribution in [0.5, 0.6) is 0 Å². The number of alkyl carbamates (subject to hydrolysis) is 1. The van der Waals surface area contributed by atoms with Crippen LogP contribution in [0.2, 0.25) is 0 Å². The van der Waals surface area contributed by atoms with Crippen molar-refractivity contribution in [1.82, 2.24) is 68.4 Å². The Morgan fingerprint density at radius 3 is 1.60 bits per heavy atom. The minimum Gasteiger partial charge on any atom is -0.455 e. The van der Waals surface area contributed by atoms with Gasteiger partial charge in [0.1, 0.15) is 126 Å². The minimum atomic E-state index is -5.21. The van der Waals surface area contributed by atoms with Crippen molar-refractivity contribution < 1.29 is 147 Å². The van der Waals surface area contributed by atoms with Gasteiger partial charge < -0.3 is 111 Å². The smallest absolute Gasteiger partial charge is 0.455 e. The standard InChI is InChI=1S/C32H47N9O16P2S.C19H26N8O13P2.C15H24N2O4S/c1-32(2,3)56-31(45)38-17(7-6-16-5-4-10-60-16)29(43)55-25-20(54-28(24(25)42)41-15-37-23-26(34)35-14-36-27(23)41)13-52-59(49,50)57-18-11-22(40-9-8-21(33)39-30(40)44)53-19(18)12-51-58(46,47)48;20-11-1-2-26(19(30)25-11)12-3-8(9(38-12)4-36-41(31,32)33)40-42(34,35)37-5-10-14(28)15(29)18(39-10)27-7-24-13-16(21)22-6-23-17(13)27;1-11(13(18)20-8-7-16)5-6-12-9-17(10-22-12)14(19)21-15(2,3)4/h8-9,14-20,22,24-25,28,42H,4-7,10-13H2,1-3H3,(H,38,45)(H,49,50)(H2,33,39,44)(H2,34,35,36)(H2,46,47,48);1-2,6-10,12,14-15,18,28-29H,3-5H2,(H,34,35)(H2,20,25,30)(H2,21,22,23)(H2,31,32,33);11-12H,5-6,8-10H2,1-4H3/t16-,17+,18+,19-,20-,22-,24-,25-,28-;8-,9+,10+,12+,14+,15+,18+;11-,12-/m100/s1. The number of nitriles is 1. The number of ether oxygens (including phenoxy) is 8. The lowest BCUT2D eigenvalue weighted by Gasteiger charge is -2.27. The summed E-state index contributed by atoms with van der Waals surface area (Å²) >= 11 is 3.45. The van der Waals surface area contributed by atoms with Crippen molar-refractivity contribution >= 4 is 125 Å². The molecular weight excluding hydrogens is 1770 g/mol. The van der Waals surface area contributed by atoms with Gasteiger partial charge in [0.25, 0.3) is 0 Å². The second kappa shape index (κ2) is 41.8. The summed E-state index contributed by atoms with van der Waals surface area (Å²) in [4.78, 5) is 166. The highest BCUT2D eigenvalue weighted by Gasteiger charge is 2.52. The van der Waals surface area contributed by atoms with Crippen LogP contribution in [0.15, 0.2) is 59.4 Å². The zero-order chi connectivity index (χ0) is 90.7. The first-order valence-corrected chi connectivity index (χ1v) is 46.1. The van der Waals surface area contributed by atoms with Gasteiger partial charge in [-0.3, -0.25) is 55.1 Å². The molecule has 6 saturated heterocycles. The van der Waals surface area contributed by atoms with Crippen LogP contribution < -0.4 is 39.6 Å². The Balaban J connectivity index is 0.000000217. The molecule has 12 rings (SSSR count). The lowest BCUT2D eigenvalue weighted by molar-refractivity contribution is -0.159. The Labute approximate surface area is 712 Å². The normalized spacial score (nSPS) is 26.8. The third kappa shape index (κ3) is 27.5. The zero-order valence-electron chi connectivity index (χ0n) is 67.3. The predicted octanol–water partition coefficient (Wildman–Crippen LogP) is 1.43. The topological polar surface area (TPSA) is 748 Å². The molecule has 20 atom stereocenters. The molecule has 6 aliphatic heterocycles. The van der Waals surface area contributed by atoms with Gasteiger partial charge in [-0.2, -0.15) is 27.0 Å². The number of nitrogens with two attached hydrogens (primary N) is 4. The van der Waals surface area contributed by atoms with Crippen LogP contribution in [-0.2, 0) is 92.9 Å². The monoisotopic (exact) mass is 1870 g/mol. The minimum absolute atomic E-state index is 0.0177. The zero-order valence-corrected chi connectivity index (χ0v) is 72.5. The fraction of sp³-hybridized carbons (Fsp3) is 0.652. The highest BCUT2D eigenvalue weighted by atomic mass is 32.2. The summed E-state index contributed by atoms with van der Waals surface area (Å²) in [6.07, 6.45) is -10.2. The Morgan fingerprint density at radius 1 is 0.621 bits per heavy atom. The van der Waals surface area contributed by atoms with Gasteiger partial charge in [-0.15, -0.1) is 11.8 Å². The number of rotatable bonds is 31. The van der Waals surface area contributed by atoms with Crippen molar-refractivity contribution in [2.75, 3.05) is 74.1 Å². The summed E-state index contributed by atoms with van der Waals surface area (Å²) in [5.41, 5.74) is 20.4. The molecule has 6 aromatic rings. The summed E-state index contributed by atoms with van der Waals surface area (Å²) in [6, 6.07) is 3.12. The number of phosphoric ester groups is 4. The van der Waals surface area contributed by atoms with E-state index in [0.29, 0.717) is 30.5 Å². The number of nitrogens with one attached hydrogen (secondary N) is 1. The number of carbonyl (C=O) groups is 4. The number of phosphoric acid groups is 4. The van der Waals surface area contributed by atoms with E-state index in [1.54, 1.807) is 62.2 Å². The van der Waals surface area contributed by atoms with Crippen LogP contribution in [0.3, 0.4) is 0 Å². The number of anilines is 4. The number of imidazole rings is 2. The van der Waals surface area contributed by atoms with Crippen molar-refractivity contribution in [1.29, 1.82) is 5.26 Å². The van der Waals surface area contributed by atoms with E-state index in [0.717, 1.165) is 40.5 Å². The van der Waals surface area contributed by atoms with E-state index in [1.165, 1.54) is 52.6 Å². The van der Waals surface area contributed by atoms with E-state index in [1.807, 2.05) is 20.8 Å². The molecule has 2 unspecified atom stereocenters. The Kier molecular flexibility index (Phi) is 33.0. The SMILES string of the molecule is CC(C)(C)OC(=O)N[C@@H](CC[C@H]1CCCS1)C(=O)O[C@H]1[C@@H](O)[C@H](n2cnc3c(N)ncnc32)O[C@@H]1COP(=O)(O)O[C@H]1C[C@H](n2ccc(N)nc2=O)O[C@@H]1COP(=O)(O)O.C[C@@H](CC[C@H]1CN(C(=O)OC(C)(C)C)CS1)C(=O)OCC#N.Nc1ccn([C@H]2C[C@H](OP(=O)(O)OC[C@H]3O[C@@H](n4cnc5c(N)ncnc54)[C@H](O)[C@@H]3O)[C@@H](COP(=O)(O)O)O2)c(=O)n1. The van der Waals surface area contributed by atoms with E-state index in [-0.39, 0.29) is 94.7 Å². The van der Waals surface area contributed by atoms with Gasteiger partial charge in [0, 0.05) is 42.3 Å².